The normalized spacial score (nSPS) is 11.3. The fraction of sp³-hybridized carbons (Fsp3) is 0.333. The van der Waals surface area contributed by atoms with E-state index in [0.717, 1.165) is 17.5 Å². The summed E-state index contributed by atoms with van der Waals surface area (Å²) in [6.45, 7) is 2.34. The SMILES string of the molecule is CCC[C@H](COC(=O)OCc1ccccc1)NC(=O)OCc1ccccc1. The zero-order valence-electron chi connectivity index (χ0n) is 15.4. The average molecular weight is 371 g/mol. The quantitative estimate of drug-likeness (QED) is 0.660. The Bertz CT molecular complexity index is 690. The molecule has 0 saturated carbocycles. The zero-order chi connectivity index (χ0) is 19.3. The maximum atomic E-state index is 12.0. The van der Waals surface area contributed by atoms with E-state index in [9.17, 15) is 9.59 Å². The summed E-state index contributed by atoms with van der Waals surface area (Å²) in [6, 6.07) is 18.4. The minimum absolute atomic E-state index is 0.0297. The first-order valence-electron chi connectivity index (χ1n) is 8.98. The fourth-order valence-corrected chi connectivity index (χ4v) is 2.40. The van der Waals surface area contributed by atoms with E-state index in [0.29, 0.717) is 6.42 Å². The van der Waals surface area contributed by atoms with Crippen LogP contribution in [0.3, 0.4) is 0 Å². The molecule has 6 heteroatoms. The van der Waals surface area contributed by atoms with E-state index < -0.39 is 12.2 Å². The molecule has 0 saturated heterocycles. The molecule has 1 amide bonds. The van der Waals surface area contributed by atoms with Crippen LogP contribution in [0.5, 0.6) is 0 Å². The summed E-state index contributed by atoms with van der Waals surface area (Å²) in [4.78, 5) is 23.7. The van der Waals surface area contributed by atoms with Crippen LogP contribution in [0.4, 0.5) is 9.59 Å². The van der Waals surface area contributed by atoms with Crippen LogP contribution in [-0.4, -0.2) is 24.9 Å². The number of ether oxygens (including phenoxy) is 3. The Morgan fingerprint density at radius 3 is 1.96 bits per heavy atom. The van der Waals surface area contributed by atoms with Gasteiger partial charge in [-0.15, -0.1) is 0 Å². The minimum atomic E-state index is -0.764. The number of rotatable bonds is 9. The van der Waals surface area contributed by atoms with Crippen LogP contribution < -0.4 is 5.32 Å². The number of benzene rings is 2. The molecule has 27 heavy (non-hydrogen) atoms. The summed E-state index contributed by atoms with van der Waals surface area (Å²) < 4.78 is 15.4. The summed E-state index contributed by atoms with van der Waals surface area (Å²) in [5.74, 6) is 0. The summed E-state index contributed by atoms with van der Waals surface area (Å²) in [6.07, 6.45) is 0.177. The van der Waals surface area contributed by atoms with Crippen LogP contribution in [0, 0.1) is 0 Å². The fourth-order valence-electron chi connectivity index (χ4n) is 2.40. The molecular formula is C21H25NO5. The highest BCUT2D eigenvalue weighted by Gasteiger charge is 2.16. The van der Waals surface area contributed by atoms with Crippen molar-refractivity contribution in [3.8, 4) is 0 Å². The van der Waals surface area contributed by atoms with Gasteiger partial charge in [-0.05, 0) is 17.5 Å². The Morgan fingerprint density at radius 1 is 0.852 bits per heavy atom. The van der Waals surface area contributed by atoms with E-state index in [4.69, 9.17) is 14.2 Å². The third-order valence-corrected chi connectivity index (χ3v) is 3.77. The summed E-state index contributed by atoms with van der Waals surface area (Å²) in [7, 11) is 0. The lowest BCUT2D eigenvalue weighted by molar-refractivity contribution is 0.0415. The van der Waals surface area contributed by atoms with Gasteiger partial charge in [0.15, 0.2) is 0 Å². The van der Waals surface area contributed by atoms with Crippen molar-refractivity contribution in [1.29, 1.82) is 0 Å². The number of carbonyl (C=O) groups excluding carboxylic acids is 2. The molecule has 144 valence electrons. The Hall–Kier alpha value is -3.02. The standard InChI is InChI=1S/C21H25NO5/c1-2-9-19(22-20(23)25-14-17-10-5-3-6-11-17)16-27-21(24)26-15-18-12-7-4-8-13-18/h3-8,10-13,19H,2,9,14-16H2,1H3,(H,22,23)/t19-/m1/s1. The van der Waals surface area contributed by atoms with Gasteiger partial charge in [0, 0.05) is 0 Å². The van der Waals surface area contributed by atoms with Gasteiger partial charge >= 0.3 is 12.2 Å². The van der Waals surface area contributed by atoms with Crippen molar-refractivity contribution in [1.82, 2.24) is 5.32 Å². The van der Waals surface area contributed by atoms with Crippen LogP contribution in [-0.2, 0) is 27.4 Å². The van der Waals surface area contributed by atoms with Gasteiger partial charge in [0.2, 0.25) is 0 Å². The highest BCUT2D eigenvalue weighted by Crippen LogP contribution is 2.05. The predicted octanol–water partition coefficient (Wildman–Crippen LogP) is 4.43. The van der Waals surface area contributed by atoms with Crippen molar-refractivity contribution in [3.63, 3.8) is 0 Å². The van der Waals surface area contributed by atoms with Crippen molar-refractivity contribution < 1.29 is 23.8 Å². The lowest BCUT2D eigenvalue weighted by Crippen LogP contribution is -2.39. The van der Waals surface area contributed by atoms with Crippen LogP contribution >= 0.6 is 0 Å². The van der Waals surface area contributed by atoms with Crippen molar-refractivity contribution in [2.45, 2.75) is 39.0 Å². The van der Waals surface area contributed by atoms with Crippen LogP contribution in [0.2, 0.25) is 0 Å². The molecule has 6 nitrogen and oxygen atoms in total. The van der Waals surface area contributed by atoms with E-state index >= 15 is 0 Å². The molecule has 0 bridgehead atoms. The third-order valence-electron chi connectivity index (χ3n) is 3.77. The summed E-state index contributed by atoms with van der Waals surface area (Å²) >= 11 is 0. The second kappa shape index (κ2) is 11.6. The summed E-state index contributed by atoms with van der Waals surface area (Å²) in [5, 5.41) is 2.72. The smallest absolute Gasteiger partial charge is 0.445 e. The third kappa shape index (κ3) is 8.27. The second-order valence-electron chi connectivity index (χ2n) is 6.03. The van der Waals surface area contributed by atoms with Crippen LogP contribution in [0.15, 0.2) is 60.7 Å². The van der Waals surface area contributed by atoms with Gasteiger partial charge in [0.1, 0.15) is 19.8 Å². The van der Waals surface area contributed by atoms with Gasteiger partial charge in [0.05, 0.1) is 6.04 Å². The summed E-state index contributed by atoms with van der Waals surface area (Å²) in [5.41, 5.74) is 1.78. The molecule has 0 heterocycles. The van der Waals surface area contributed by atoms with E-state index in [1.165, 1.54) is 0 Å². The highest BCUT2D eigenvalue weighted by atomic mass is 16.7. The molecule has 0 fully saturated rings. The molecular weight excluding hydrogens is 346 g/mol. The maximum absolute atomic E-state index is 12.0. The first-order valence-corrected chi connectivity index (χ1v) is 8.98. The number of carbonyl (C=O) groups is 2. The molecule has 2 aromatic rings. The molecule has 0 unspecified atom stereocenters. The van der Waals surface area contributed by atoms with Crippen LogP contribution in [0.1, 0.15) is 30.9 Å². The first-order chi connectivity index (χ1) is 13.2. The lowest BCUT2D eigenvalue weighted by Gasteiger charge is -2.18. The Kier molecular flexibility index (Phi) is 8.69. The lowest BCUT2D eigenvalue weighted by atomic mass is 10.2. The Balaban J connectivity index is 1.70. The van der Waals surface area contributed by atoms with Gasteiger partial charge in [-0.1, -0.05) is 74.0 Å². The van der Waals surface area contributed by atoms with Gasteiger partial charge in [-0.3, -0.25) is 0 Å². The van der Waals surface area contributed by atoms with E-state index in [-0.39, 0.29) is 25.9 Å². The highest BCUT2D eigenvalue weighted by molar-refractivity contribution is 5.67. The molecule has 0 aliphatic heterocycles. The number of amides is 1. The molecule has 0 radical (unpaired) electrons. The number of nitrogens with one attached hydrogen (secondary N) is 1. The van der Waals surface area contributed by atoms with Gasteiger partial charge in [0.25, 0.3) is 0 Å². The molecule has 0 aliphatic carbocycles. The monoisotopic (exact) mass is 371 g/mol. The first kappa shape index (κ1) is 20.3. The predicted molar refractivity (Wildman–Crippen MR) is 101 cm³/mol. The number of hydrogen-bond acceptors (Lipinski definition) is 5. The molecule has 0 aromatic heterocycles. The molecule has 0 spiro atoms. The Morgan fingerprint density at radius 2 is 1.41 bits per heavy atom. The average Bonchev–Trinajstić information content (AvgIpc) is 2.70. The number of hydrogen-bond donors (Lipinski definition) is 1. The Labute approximate surface area is 159 Å². The van der Waals surface area contributed by atoms with Crippen molar-refractivity contribution >= 4 is 12.2 Å². The van der Waals surface area contributed by atoms with Gasteiger partial charge in [-0.2, -0.15) is 0 Å². The largest absolute Gasteiger partial charge is 0.508 e. The molecule has 2 rings (SSSR count). The van der Waals surface area contributed by atoms with Crippen molar-refractivity contribution in [3.05, 3.63) is 71.8 Å². The van der Waals surface area contributed by atoms with Crippen molar-refractivity contribution in [2.75, 3.05) is 6.61 Å². The minimum Gasteiger partial charge on any atom is -0.445 e. The van der Waals surface area contributed by atoms with Crippen molar-refractivity contribution in [2.24, 2.45) is 0 Å². The van der Waals surface area contributed by atoms with E-state index in [1.807, 2.05) is 67.6 Å². The maximum Gasteiger partial charge on any atom is 0.508 e. The van der Waals surface area contributed by atoms with Crippen LogP contribution in [0.25, 0.3) is 0 Å². The van der Waals surface area contributed by atoms with E-state index in [1.54, 1.807) is 0 Å². The van der Waals surface area contributed by atoms with Gasteiger partial charge < -0.3 is 19.5 Å². The van der Waals surface area contributed by atoms with E-state index in [2.05, 4.69) is 5.32 Å². The zero-order valence-corrected chi connectivity index (χ0v) is 15.4. The number of alkyl carbamates (subject to hydrolysis) is 1. The topological polar surface area (TPSA) is 73.9 Å². The molecule has 1 N–H and O–H groups in total. The second-order valence-corrected chi connectivity index (χ2v) is 6.03. The van der Waals surface area contributed by atoms with Gasteiger partial charge in [-0.25, -0.2) is 9.59 Å². The molecule has 1 atom stereocenters. The molecule has 2 aromatic carbocycles. The molecule has 0 aliphatic rings.